The van der Waals surface area contributed by atoms with Crippen molar-refractivity contribution in [2.45, 2.75) is 44.9 Å². The number of furan rings is 1. The highest BCUT2D eigenvalue weighted by Crippen LogP contribution is 2.39. The van der Waals surface area contributed by atoms with Crippen LogP contribution in [0.4, 0.5) is 5.69 Å². The molecule has 10 nitrogen and oxygen atoms in total. The van der Waals surface area contributed by atoms with E-state index in [1.807, 2.05) is 32.9 Å². The van der Waals surface area contributed by atoms with Gasteiger partial charge in [-0.15, -0.1) is 20.1 Å². The fourth-order valence-corrected chi connectivity index (χ4v) is 6.65. The fourth-order valence-electron chi connectivity index (χ4n) is 3.19. The average Bonchev–Trinajstić information content (AvgIpc) is 3.40. The van der Waals surface area contributed by atoms with Crippen LogP contribution in [-0.4, -0.2) is 46.8 Å². The zero-order chi connectivity index (χ0) is 23.6. The lowest BCUT2D eigenvalue weighted by Crippen LogP contribution is -2.38. The number of thiophene rings is 1. The fraction of sp³-hybridized carbons (Fsp3) is 0.474. The van der Waals surface area contributed by atoms with E-state index in [9.17, 15) is 17.7 Å². The Hall–Kier alpha value is -2.22. The number of rotatable bonds is 8. The zero-order valence-electron chi connectivity index (χ0n) is 18.4. The summed E-state index contributed by atoms with van der Waals surface area (Å²) in [7, 11) is -3.83. The molecule has 13 heteroatoms. The SMILES string of the molecule is CCN(CC)S(=O)(=O)c1scc(NC2=NS(=O)N=C2N[C@@H](c2ccc(C)o2)C(C)C)c1O. The van der Waals surface area contributed by atoms with Gasteiger partial charge in [-0.3, -0.25) is 0 Å². The Morgan fingerprint density at radius 3 is 2.44 bits per heavy atom. The summed E-state index contributed by atoms with van der Waals surface area (Å²) in [4.78, 5) is 0. The van der Waals surface area contributed by atoms with Gasteiger partial charge in [-0.05, 0) is 25.0 Å². The second-order valence-corrected chi connectivity index (χ2v) is 11.3. The molecule has 0 radical (unpaired) electrons. The van der Waals surface area contributed by atoms with Crippen molar-refractivity contribution in [3.05, 3.63) is 29.0 Å². The molecule has 2 atom stereocenters. The topological polar surface area (TPSA) is 137 Å². The summed E-state index contributed by atoms with van der Waals surface area (Å²) in [6.07, 6.45) is 0. The largest absolute Gasteiger partial charge is 0.504 e. The molecule has 0 saturated carbocycles. The molecule has 0 spiro atoms. The molecule has 176 valence electrons. The highest BCUT2D eigenvalue weighted by Gasteiger charge is 2.31. The highest BCUT2D eigenvalue weighted by atomic mass is 32.2. The molecule has 0 aromatic carbocycles. The molecular weight excluding hydrogens is 474 g/mol. The molecule has 1 aliphatic heterocycles. The van der Waals surface area contributed by atoms with Gasteiger partial charge < -0.3 is 20.2 Å². The van der Waals surface area contributed by atoms with Gasteiger partial charge in [0.15, 0.2) is 21.6 Å². The number of amidine groups is 2. The third-order valence-electron chi connectivity index (χ3n) is 4.85. The van der Waals surface area contributed by atoms with Crippen LogP contribution >= 0.6 is 11.3 Å². The number of anilines is 1. The van der Waals surface area contributed by atoms with Crippen molar-refractivity contribution in [2.24, 2.45) is 14.7 Å². The molecule has 1 unspecified atom stereocenters. The number of aryl methyl sites for hydroxylation is 1. The smallest absolute Gasteiger partial charge is 0.269 e. The summed E-state index contributed by atoms with van der Waals surface area (Å²) in [5, 5.41) is 18.2. The number of hydrogen-bond donors (Lipinski definition) is 3. The highest BCUT2D eigenvalue weighted by molar-refractivity contribution is 7.91. The molecule has 0 bridgehead atoms. The molecule has 1 aliphatic rings. The van der Waals surface area contributed by atoms with Gasteiger partial charge in [0.1, 0.15) is 11.5 Å². The van der Waals surface area contributed by atoms with Crippen LogP contribution < -0.4 is 10.6 Å². The minimum absolute atomic E-state index is 0.110. The summed E-state index contributed by atoms with van der Waals surface area (Å²) in [6.45, 7) is 9.88. The van der Waals surface area contributed by atoms with Crippen LogP contribution in [-0.2, 0) is 21.2 Å². The van der Waals surface area contributed by atoms with Crippen molar-refractivity contribution >= 4 is 49.9 Å². The maximum absolute atomic E-state index is 12.8. The molecule has 2 aromatic rings. The predicted octanol–water partition coefficient (Wildman–Crippen LogP) is 3.17. The van der Waals surface area contributed by atoms with Gasteiger partial charge in [0.25, 0.3) is 21.2 Å². The summed E-state index contributed by atoms with van der Waals surface area (Å²) < 4.78 is 52.4. The Labute approximate surface area is 194 Å². The van der Waals surface area contributed by atoms with Gasteiger partial charge in [0.05, 0.1) is 11.7 Å². The quantitative estimate of drug-likeness (QED) is 0.505. The molecule has 2 aromatic heterocycles. The molecule has 0 amide bonds. The van der Waals surface area contributed by atoms with Gasteiger partial charge >= 0.3 is 0 Å². The maximum Gasteiger partial charge on any atom is 0.269 e. The first-order valence-electron chi connectivity index (χ1n) is 10.1. The van der Waals surface area contributed by atoms with Crippen LogP contribution in [0.5, 0.6) is 5.75 Å². The molecular formula is C19H27N5O5S3. The van der Waals surface area contributed by atoms with E-state index >= 15 is 0 Å². The number of sulfonamides is 1. The van der Waals surface area contributed by atoms with Crippen LogP contribution in [0.1, 0.15) is 45.3 Å². The van der Waals surface area contributed by atoms with Crippen LogP contribution in [0.3, 0.4) is 0 Å². The van der Waals surface area contributed by atoms with E-state index in [2.05, 4.69) is 19.4 Å². The van der Waals surface area contributed by atoms with Gasteiger partial charge in [0.2, 0.25) is 0 Å². The van der Waals surface area contributed by atoms with E-state index in [-0.39, 0.29) is 46.6 Å². The van der Waals surface area contributed by atoms with Crippen molar-refractivity contribution in [2.75, 3.05) is 18.4 Å². The minimum Gasteiger partial charge on any atom is -0.504 e. The van der Waals surface area contributed by atoms with E-state index in [0.717, 1.165) is 17.1 Å². The third-order valence-corrected chi connectivity index (χ3v) is 9.07. The average molecular weight is 502 g/mol. The van der Waals surface area contributed by atoms with Crippen LogP contribution in [0.25, 0.3) is 0 Å². The second kappa shape index (κ2) is 9.73. The first-order valence-corrected chi connectivity index (χ1v) is 13.5. The number of nitrogens with zero attached hydrogens (tertiary/aromatic N) is 3. The molecule has 0 fully saturated rings. The summed E-state index contributed by atoms with van der Waals surface area (Å²) in [5.74, 6) is 1.53. The van der Waals surface area contributed by atoms with Gasteiger partial charge in [-0.1, -0.05) is 27.7 Å². The molecule has 3 heterocycles. The van der Waals surface area contributed by atoms with Crippen molar-refractivity contribution < 1.29 is 22.2 Å². The summed E-state index contributed by atoms with van der Waals surface area (Å²) in [5.41, 5.74) is 0.142. The first-order chi connectivity index (χ1) is 15.1. The Morgan fingerprint density at radius 2 is 1.88 bits per heavy atom. The zero-order valence-corrected chi connectivity index (χ0v) is 20.9. The van der Waals surface area contributed by atoms with Gasteiger partial charge in [-0.25, -0.2) is 12.6 Å². The lowest BCUT2D eigenvalue weighted by molar-refractivity contribution is 0.369. The van der Waals surface area contributed by atoms with E-state index in [1.54, 1.807) is 13.8 Å². The van der Waals surface area contributed by atoms with Gasteiger partial charge in [-0.2, -0.15) is 4.31 Å². The summed E-state index contributed by atoms with van der Waals surface area (Å²) >= 11 is -0.951. The van der Waals surface area contributed by atoms with Crippen molar-refractivity contribution in [1.82, 2.24) is 9.62 Å². The molecule has 0 saturated heterocycles. The molecule has 3 rings (SSSR count). The van der Waals surface area contributed by atoms with Crippen molar-refractivity contribution in [1.29, 1.82) is 0 Å². The Balaban J connectivity index is 1.85. The van der Waals surface area contributed by atoms with Crippen molar-refractivity contribution in [3.8, 4) is 5.75 Å². The molecule has 32 heavy (non-hydrogen) atoms. The number of nitrogens with one attached hydrogen (secondary N) is 2. The van der Waals surface area contributed by atoms with Crippen LogP contribution in [0.15, 0.2) is 34.9 Å². The van der Waals surface area contributed by atoms with Crippen LogP contribution in [0, 0.1) is 12.8 Å². The monoisotopic (exact) mass is 501 g/mol. The lowest BCUT2D eigenvalue weighted by atomic mass is 10.0. The van der Waals surface area contributed by atoms with Gasteiger partial charge in [0, 0.05) is 18.5 Å². The van der Waals surface area contributed by atoms with Crippen LogP contribution in [0.2, 0.25) is 0 Å². The Bertz CT molecular complexity index is 1160. The maximum atomic E-state index is 12.8. The standard InChI is InChI=1S/C19H27N5O5S3/c1-6-24(7-2)32(27,28)19-16(25)13(10-30-19)20-17-18(23-31(26)22-17)21-15(11(3)4)14-9-8-12(5)29-14/h8-11,15,25H,6-7H2,1-5H3,(H,20,22)(H,21,23)/t15-,31?/m1/s1. The van der Waals surface area contributed by atoms with E-state index in [1.165, 1.54) is 9.69 Å². The molecule has 0 aliphatic carbocycles. The minimum atomic E-state index is -3.83. The summed E-state index contributed by atoms with van der Waals surface area (Å²) in [6, 6.07) is 3.45. The van der Waals surface area contributed by atoms with E-state index in [4.69, 9.17) is 4.42 Å². The Morgan fingerprint density at radius 1 is 1.22 bits per heavy atom. The normalized spacial score (nSPS) is 17.5. The Kier molecular flexibility index (Phi) is 7.43. The number of aromatic hydroxyl groups is 1. The van der Waals surface area contributed by atoms with E-state index in [0.29, 0.717) is 5.76 Å². The van der Waals surface area contributed by atoms with E-state index < -0.39 is 26.9 Å². The number of hydrogen-bond acceptors (Lipinski definition) is 8. The second-order valence-electron chi connectivity index (χ2n) is 7.42. The van der Waals surface area contributed by atoms with Crippen molar-refractivity contribution in [3.63, 3.8) is 0 Å². The lowest BCUT2D eigenvalue weighted by Gasteiger charge is -2.21. The third kappa shape index (κ3) is 4.90. The predicted molar refractivity (Wildman–Crippen MR) is 127 cm³/mol. The first kappa shape index (κ1) is 24.4. The molecule has 3 N–H and O–H groups in total.